The first-order valence-electron chi connectivity index (χ1n) is 9.18. The summed E-state index contributed by atoms with van der Waals surface area (Å²) < 4.78 is 0. The van der Waals surface area contributed by atoms with Crippen molar-refractivity contribution in [3.05, 3.63) is 65.7 Å². The molecule has 1 fully saturated rings. The third-order valence-corrected chi connectivity index (χ3v) is 5.35. The smallest absolute Gasteiger partial charge is 0.196 e. The fraction of sp³-hybridized carbons (Fsp3) is 0.227. The standard InChI is InChI=1S/C22H19N3O/c26-22-18-7-3-2-6-17(18)21-19(22)14-20(23-24-21)15-8-10-16(11-9-15)25-12-4-1-5-13-25/h2-3,6-11,14H,1,4-5,12-13H2. The SMILES string of the molecule is O=C1c2ccccc2-c2nnc(-c3ccc(N4CCCCC4)cc3)cc21. The van der Waals surface area contributed by atoms with Gasteiger partial charge in [0.2, 0.25) is 0 Å². The van der Waals surface area contributed by atoms with Crippen molar-refractivity contribution in [1.82, 2.24) is 10.2 Å². The minimum atomic E-state index is 0.0386. The molecule has 0 spiro atoms. The van der Waals surface area contributed by atoms with Crippen molar-refractivity contribution in [3.8, 4) is 22.5 Å². The average molecular weight is 341 g/mol. The minimum Gasteiger partial charge on any atom is -0.372 e. The zero-order valence-electron chi connectivity index (χ0n) is 14.5. The van der Waals surface area contributed by atoms with Gasteiger partial charge in [0, 0.05) is 35.5 Å². The second-order valence-corrected chi connectivity index (χ2v) is 6.96. The number of nitrogens with zero attached hydrogens (tertiary/aromatic N) is 3. The van der Waals surface area contributed by atoms with Crippen molar-refractivity contribution in [1.29, 1.82) is 0 Å². The summed E-state index contributed by atoms with van der Waals surface area (Å²) in [5.74, 6) is 0.0386. The van der Waals surface area contributed by atoms with Gasteiger partial charge in [0.15, 0.2) is 5.78 Å². The van der Waals surface area contributed by atoms with E-state index in [2.05, 4.69) is 39.4 Å². The number of carbonyl (C=O) groups excluding carboxylic acids is 1. The molecule has 2 aromatic carbocycles. The summed E-state index contributed by atoms with van der Waals surface area (Å²) in [6.07, 6.45) is 3.86. The number of anilines is 1. The Morgan fingerprint density at radius 3 is 2.27 bits per heavy atom. The Balaban J connectivity index is 1.48. The molecule has 4 nitrogen and oxygen atoms in total. The van der Waals surface area contributed by atoms with E-state index in [1.807, 2.05) is 30.3 Å². The fourth-order valence-electron chi connectivity index (χ4n) is 3.93. The number of rotatable bonds is 2. The topological polar surface area (TPSA) is 46.1 Å². The van der Waals surface area contributed by atoms with Crippen LogP contribution in [0.4, 0.5) is 5.69 Å². The van der Waals surface area contributed by atoms with Gasteiger partial charge in [0.25, 0.3) is 0 Å². The largest absolute Gasteiger partial charge is 0.372 e. The maximum absolute atomic E-state index is 12.7. The Kier molecular flexibility index (Phi) is 3.56. The number of hydrogen-bond donors (Lipinski definition) is 0. The van der Waals surface area contributed by atoms with Crippen molar-refractivity contribution in [3.63, 3.8) is 0 Å². The lowest BCUT2D eigenvalue weighted by molar-refractivity contribution is 0.104. The van der Waals surface area contributed by atoms with E-state index in [1.54, 1.807) is 0 Å². The molecule has 0 N–H and O–H groups in total. The van der Waals surface area contributed by atoms with Gasteiger partial charge in [-0.15, -0.1) is 10.2 Å². The van der Waals surface area contributed by atoms with Crippen LogP contribution in [0.25, 0.3) is 22.5 Å². The molecule has 0 amide bonds. The first-order valence-corrected chi connectivity index (χ1v) is 9.18. The summed E-state index contributed by atoms with van der Waals surface area (Å²) in [5.41, 5.74) is 5.93. The van der Waals surface area contributed by atoms with Crippen molar-refractivity contribution in [2.24, 2.45) is 0 Å². The highest BCUT2D eigenvalue weighted by atomic mass is 16.1. The van der Waals surface area contributed by atoms with Gasteiger partial charge in [-0.1, -0.05) is 36.4 Å². The van der Waals surface area contributed by atoms with E-state index >= 15 is 0 Å². The second kappa shape index (κ2) is 6.06. The molecular formula is C22H19N3O. The molecule has 0 atom stereocenters. The average Bonchev–Trinajstić information content (AvgIpc) is 3.01. The summed E-state index contributed by atoms with van der Waals surface area (Å²) in [4.78, 5) is 15.1. The van der Waals surface area contributed by atoms with Gasteiger partial charge in [-0.05, 0) is 37.5 Å². The van der Waals surface area contributed by atoms with E-state index in [0.717, 1.165) is 35.5 Å². The summed E-state index contributed by atoms with van der Waals surface area (Å²) in [6.45, 7) is 2.26. The molecule has 1 saturated heterocycles. The third-order valence-electron chi connectivity index (χ3n) is 5.35. The zero-order valence-corrected chi connectivity index (χ0v) is 14.5. The van der Waals surface area contributed by atoms with E-state index in [1.165, 1.54) is 24.9 Å². The molecule has 0 saturated carbocycles. The molecule has 1 aromatic heterocycles. The molecule has 26 heavy (non-hydrogen) atoms. The number of aromatic nitrogens is 2. The van der Waals surface area contributed by atoms with Crippen LogP contribution >= 0.6 is 0 Å². The molecule has 3 aromatic rings. The summed E-state index contributed by atoms with van der Waals surface area (Å²) in [6, 6.07) is 17.9. The number of fused-ring (bicyclic) bond motifs is 3. The molecule has 0 unspecified atom stereocenters. The van der Waals surface area contributed by atoms with Crippen molar-refractivity contribution in [2.45, 2.75) is 19.3 Å². The Hall–Kier alpha value is -3.01. The molecule has 4 heteroatoms. The van der Waals surface area contributed by atoms with E-state index in [4.69, 9.17) is 0 Å². The lowest BCUT2D eigenvalue weighted by Crippen LogP contribution is -2.29. The normalized spacial score (nSPS) is 15.7. The first kappa shape index (κ1) is 15.3. The highest BCUT2D eigenvalue weighted by molar-refractivity contribution is 6.21. The summed E-state index contributed by atoms with van der Waals surface area (Å²) in [7, 11) is 0. The Morgan fingerprint density at radius 1 is 0.769 bits per heavy atom. The molecule has 0 bridgehead atoms. The molecule has 128 valence electrons. The van der Waals surface area contributed by atoms with E-state index in [9.17, 15) is 4.79 Å². The van der Waals surface area contributed by atoms with Crippen molar-refractivity contribution < 1.29 is 4.79 Å². The van der Waals surface area contributed by atoms with Gasteiger partial charge in [-0.3, -0.25) is 4.79 Å². The Morgan fingerprint density at radius 2 is 1.50 bits per heavy atom. The quantitative estimate of drug-likeness (QED) is 0.544. The van der Waals surface area contributed by atoms with Gasteiger partial charge < -0.3 is 4.90 Å². The number of hydrogen-bond acceptors (Lipinski definition) is 4. The summed E-state index contributed by atoms with van der Waals surface area (Å²) in [5, 5.41) is 8.74. The molecule has 0 radical (unpaired) electrons. The van der Waals surface area contributed by atoms with E-state index < -0.39 is 0 Å². The predicted molar refractivity (Wildman–Crippen MR) is 102 cm³/mol. The highest BCUT2D eigenvalue weighted by Gasteiger charge is 2.28. The Bertz CT molecular complexity index is 989. The van der Waals surface area contributed by atoms with Crippen LogP contribution in [-0.2, 0) is 0 Å². The third kappa shape index (κ3) is 2.41. The van der Waals surface area contributed by atoms with Crippen LogP contribution in [-0.4, -0.2) is 29.1 Å². The van der Waals surface area contributed by atoms with E-state index in [0.29, 0.717) is 11.3 Å². The maximum atomic E-state index is 12.7. The lowest BCUT2D eigenvalue weighted by Gasteiger charge is -2.28. The van der Waals surface area contributed by atoms with Gasteiger partial charge in [0.1, 0.15) is 5.69 Å². The van der Waals surface area contributed by atoms with Crippen LogP contribution in [0, 0.1) is 0 Å². The fourth-order valence-corrected chi connectivity index (χ4v) is 3.93. The van der Waals surface area contributed by atoms with Crippen LogP contribution in [0.15, 0.2) is 54.6 Å². The highest BCUT2D eigenvalue weighted by Crippen LogP contribution is 2.36. The van der Waals surface area contributed by atoms with Crippen LogP contribution in [0.5, 0.6) is 0 Å². The number of ketones is 1. The van der Waals surface area contributed by atoms with Crippen LogP contribution in [0.1, 0.15) is 35.2 Å². The van der Waals surface area contributed by atoms with Crippen LogP contribution in [0.2, 0.25) is 0 Å². The van der Waals surface area contributed by atoms with Crippen LogP contribution < -0.4 is 4.90 Å². The van der Waals surface area contributed by atoms with Crippen molar-refractivity contribution >= 4 is 11.5 Å². The first-order chi connectivity index (χ1) is 12.8. The number of benzene rings is 2. The van der Waals surface area contributed by atoms with E-state index in [-0.39, 0.29) is 5.78 Å². The van der Waals surface area contributed by atoms with Gasteiger partial charge >= 0.3 is 0 Å². The van der Waals surface area contributed by atoms with Crippen molar-refractivity contribution in [2.75, 3.05) is 18.0 Å². The molecular weight excluding hydrogens is 322 g/mol. The second-order valence-electron chi connectivity index (χ2n) is 6.96. The predicted octanol–water partition coefficient (Wildman–Crippen LogP) is 4.35. The number of piperidine rings is 1. The lowest BCUT2D eigenvalue weighted by atomic mass is 10.1. The zero-order chi connectivity index (χ0) is 17.5. The van der Waals surface area contributed by atoms with Gasteiger partial charge in [-0.25, -0.2) is 0 Å². The summed E-state index contributed by atoms with van der Waals surface area (Å²) >= 11 is 0. The molecule has 5 rings (SSSR count). The van der Waals surface area contributed by atoms with Crippen LogP contribution in [0.3, 0.4) is 0 Å². The molecule has 1 aliphatic heterocycles. The van der Waals surface area contributed by atoms with Gasteiger partial charge in [-0.2, -0.15) is 0 Å². The monoisotopic (exact) mass is 341 g/mol. The molecule has 2 aliphatic rings. The molecule has 1 aliphatic carbocycles. The number of carbonyl (C=O) groups is 1. The van der Waals surface area contributed by atoms with Gasteiger partial charge in [0.05, 0.1) is 11.3 Å². The minimum absolute atomic E-state index is 0.0386. The maximum Gasteiger partial charge on any atom is 0.196 e. The Labute approximate surface area is 152 Å². The molecule has 2 heterocycles.